The summed E-state index contributed by atoms with van der Waals surface area (Å²) < 4.78 is 21.1. The highest BCUT2D eigenvalue weighted by molar-refractivity contribution is 7.80. The zero-order valence-corrected chi connectivity index (χ0v) is 18.8. The second-order valence-corrected chi connectivity index (χ2v) is 6.89. The number of carbonyl (C=O) groups excluding carboxylic acids is 2. The zero-order valence-electron chi connectivity index (χ0n) is 18.0. The predicted molar refractivity (Wildman–Crippen MR) is 119 cm³/mol. The van der Waals surface area contributed by atoms with Crippen molar-refractivity contribution in [3.05, 3.63) is 47.0 Å². The second-order valence-electron chi connectivity index (χ2n) is 6.48. The van der Waals surface area contributed by atoms with E-state index in [0.29, 0.717) is 23.0 Å². The lowest BCUT2D eigenvalue weighted by molar-refractivity contribution is -0.123. The van der Waals surface area contributed by atoms with Crippen molar-refractivity contribution in [1.29, 1.82) is 0 Å². The number of hydrogen-bond donors (Lipinski definition) is 3. The molecule has 0 spiro atoms. The van der Waals surface area contributed by atoms with Crippen LogP contribution in [0.3, 0.4) is 0 Å². The number of thiocarbonyl (C=S) groups is 1. The van der Waals surface area contributed by atoms with Gasteiger partial charge in [-0.1, -0.05) is 6.07 Å². The van der Waals surface area contributed by atoms with Crippen LogP contribution >= 0.6 is 12.2 Å². The van der Waals surface area contributed by atoms with Crippen molar-refractivity contribution in [2.24, 2.45) is 0 Å². The molecular weight excluding hydrogens is 422 g/mol. The summed E-state index contributed by atoms with van der Waals surface area (Å²) in [6.45, 7) is 3.66. The lowest BCUT2D eigenvalue weighted by Crippen LogP contribution is -2.49. The van der Waals surface area contributed by atoms with E-state index in [1.807, 2.05) is 32.0 Å². The van der Waals surface area contributed by atoms with Gasteiger partial charge in [-0.2, -0.15) is 0 Å². The molecule has 2 rings (SSSR count). The number of carbonyl (C=O) groups is 2. The maximum atomic E-state index is 12.5. The number of benzene rings is 2. The SMILES string of the molecule is COc1cc(C(=O)NC(=S)NNC(=O)COc2cc(C)cc(C)c2)cc(OC)c1OC. The Bertz CT molecular complexity index is 934. The van der Waals surface area contributed by atoms with Gasteiger partial charge in [0.05, 0.1) is 21.3 Å². The number of aryl methyl sites for hydroxylation is 2. The topological polar surface area (TPSA) is 107 Å². The maximum absolute atomic E-state index is 12.5. The van der Waals surface area contributed by atoms with Crippen LogP contribution in [-0.4, -0.2) is 44.9 Å². The molecule has 0 aliphatic carbocycles. The van der Waals surface area contributed by atoms with Crippen molar-refractivity contribution in [3.8, 4) is 23.0 Å². The molecule has 0 atom stereocenters. The number of amides is 2. The predicted octanol–water partition coefficient (Wildman–Crippen LogP) is 2.04. The molecule has 0 saturated heterocycles. The van der Waals surface area contributed by atoms with Crippen LogP contribution in [0.2, 0.25) is 0 Å². The molecule has 0 aliphatic heterocycles. The van der Waals surface area contributed by atoms with Crippen LogP contribution in [0, 0.1) is 13.8 Å². The van der Waals surface area contributed by atoms with E-state index in [1.165, 1.54) is 33.5 Å². The fourth-order valence-electron chi connectivity index (χ4n) is 2.75. The van der Waals surface area contributed by atoms with Gasteiger partial charge in [-0.05, 0) is 61.5 Å². The molecule has 2 aromatic rings. The summed E-state index contributed by atoms with van der Waals surface area (Å²) in [5, 5.41) is 2.36. The lowest BCUT2D eigenvalue weighted by atomic mass is 10.1. The first-order valence-corrected chi connectivity index (χ1v) is 9.59. The first-order valence-electron chi connectivity index (χ1n) is 9.18. The third-order valence-electron chi connectivity index (χ3n) is 4.03. The molecular formula is C21H25N3O6S. The first kappa shape index (κ1) is 23.7. The molecule has 166 valence electrons. The Morgan fingerprint density at radius 3 is 1.97 bits per heavy atom. The van der Waals surface area contributed by atoms with E-state index < -0.39 is 11.8 Å². The van der Waals surface area contributed by atoms with Gasteiger partial charge >= 0.3 is 0 Å². The first-order chi connectivity index (χ1) is 14.8. The number of methoxy groups -OCH3 is 3. The van der Waals surface area contributed by atoms with Gasteiger partial charge in [0.2, 0.25) is 5.75 Å². The molecule has 31 heavy (non-hydrogen) atoms. The molecule has 0 unspecified atom stereocenters. The van der Waals surface area contributed by atoms with E-state index in [0.717, 1.165) is 11.1 Å². The van der Waals surface area contributed by atoms with Gasteiger partial charge in [0.1, 0.15) is 5.75 Å². The van der Waals surface area contributed by atoms with Crippen LogP contribution in [-0.2, 0) is 4.79 Å². The number of hydrazine groups is 1. The highest BCUT2D eigenvalue weighted by Gasteiger charge is 2.17. The van der Waals surface area contributed by atoms with Crippen molar-refractivity contribution in [2.75, 3.05) is 27.9 Å². The van der Waals surface area contributed by atoms with Crippen molar-refractivity contribution in [3.63, 3.8) is 0 Å². The quantitative estimate of drug-likeness (QED) is 0.437. The van der Waals surface area contributed by atoms with Gasteiger partial charge in [-0.3, -0.25) is 25.8 Å². The van der Waals surface area contributed by atoms with Crippen molar-refractivity contribution < 1.29 is 28.5 Å². The molecule has 0 radical (unpaired) electrons. The van der Waals surface area contributed by atoms with Gasteiger partial charge in [0.15, 0.2) is 23.2 Å². The van der Waals surface area contributed by atoms with Crippen LogP contribution < -0.4 is 35.1 Å². The van der Waals surface area contributed by atoms with Crippen LogP contribution in [0.25, 0.3) is 0 Å². The Morgan fingerprint density at radius 1 is 0.871 bits per heavy atom. The Morgan fingerprint density at radius 2 is 1.45 bits per heavy atom. The minimum Gasteiger partial charge on any atom is -0.493 e. The average Bonchev–Trinajstić information content (AvgIpc) is 2.74. The van der Waals surface area contributed by atoms with E-state index in [2.05, 4.69) is 16.2 Å². The Kier molecular flexibility index (Phi) is 8.44. The Labute approximate surface area is 186 Å². The molecule has 10 heteroatoms. The van der Waals surface area contributed by atoms with Crippen LogP contribution in [0.5, 0.6) is 23.0 Å². The summed E-state index contributed by atoms with van der Waals surface area (Å²) in [4.78, 5) is 24.4. The minimum atomic E-state index is -0.530. The van der Waals surface area contributed by atoms with E-state index in [4.69, 9.17) is 31.2 Å². The van der Waals surface area contributed by atoms with Gasteiger partial charge in [0.25, 0.3) is 11.8 Å². The van der Waals surface area contributed by atoms with Gasteiger partial charge in [0, 0.05) is 5.56 Å². The molecule has 2 aromatic carbocycles. The van der Waals surface area contributed by atoms with Crippen LogP contribution in [0.15, 0.2) is 30.3 Å². The largest absolute Gasteiger partial charge is 0.493 e. The van der Waals surface area contributed by atoms with E-state index in [1.54, 1.807) is 0 Å². The second kappa shape index (κ2) is 11.0. The summed E-state index contributed by atoms with van der Waals surface area (Å²) in [6.07, 6.45) is 0. The van der Waals surface area contributed by atoms with E-state index in [9.17, 15) is 9.59 Å². The van der Waals surface area contributed by atoms with Crippen molar-refractivity contribution in [2.45, 2.75) is 13.8 Å². The molecule has 2 amide bonds. The third-order valence-corrected chi connectivity index (χ3v) is 4.24. The van der Waals surface area contributed by atoms with Crippen molar-refractivity contribution >= 4 is 29.1 Å². The zero-order chi connectivity index (χ0) is 23.0. The monoisotopic (exact) mass is 447 g/mol. The summed E-state index contributed by atoms with van der Waals surface area (Å²) in [5.41, 5.74) is 7.11. The molecule has 0 fully saturated rings. The Balaban J connectivity index is 1.89. The maximum Gasteiger partial charge on any atom is 0.276 e. The van der Waals surface area contributed by atoms with Gasteiger partial charge < -0.3 is 18.9 Å². The lowest BCUT2D eigenvalue weighted by Gasteiger charge is -2.15. The molecule has 3 N–H and O–H groups in total. The summed E-state index contributed by atoms with van der Waals surface area (Å²) in [7, 11) is 4.35. The smallest absolute Gasteiger partial charge is 0.276 e. The molecule has 0 heterocycles. The number of ether oxygens (including phenoxy) is 4. The molecule has 9 nitrogen and oxygen atoms in total. The van der Waals surface area contributed by atoms with Gasteiger partial charge in [-0.15, -0.1) is 0 Å². The standard InChI is InChI=1S/C21H25N3O6S/c1-12-6-13(2)8-15(7-12)30-11-18(25)23-24-21(31)22-20(26)14-9-16(27-3)19(29-5)17(10-14)28-4/h6-10H,11H2,1-5H3,(H,23,25)(H2,22,24,26,31). The average molecular weight is 448 g/mol. The van der Waals surface area contributed by atoms with Crippen LogP contribution in [0.1, 0.15) is 21.5 Å². The normalized spacial score (nSPS) is 9.97. The number of hydrogen-bond acceptors (Lipinski definition) is 7. The van der Waals surface area contributed by atoms with Gasteiger partial charge in [-0.25, -0.2) is 0 Å². The molecule has 0 bridgehead atoms. The summed E-state index contributed by atoms with van der Waals surface area (Å²) in [6, 6.07) is 8.63. The number of nitrogens with one attached hydrogen (secondary N) is 3. The summed E-state index contributed by atoms with van der Waals surface area (Å²) >= 11 is 5.05. The number of rotatable bonds is 7. The minimum absolute atomic E-state index is 0.0986. The molecule has 0 saturated carbocycles. The fourth-order valence-corrected chi connectivity index (χ4v) is 2.89. The highest BCUT2D eigenvalue weighted by Crippen LogP contribution is 2.38. The molecule has 0 aliphatic rings. The molecule has 0 aromatic heterocycles. The summed E-state index contributed by atoms with van der Waals surface area (Å²) in [5.74, 6) is 0.593. The van der Waals surface area contributed by atoms with Crippen molar-refractivity contribution in [1.82, 2.24) is 16.2 Å². The van der Waals surface area contributed by atoms with E-state index >= 15 is 0 Å². The highest BCUT2D eigenvalue weighted by atomic mass is 32.1. The van der Waals surface area contributed by atoms with E-state index in [-0.39, 0.29) is 17.3 Å². The third kappa shape index (κ3) is 6.75. The van der Waals surface area contributed by atoms with Crippen LogP contribution in [0.4, 0.5) is 0 Å². The fraction of sp³-hybridized carbons (Fsp3) is 0.286. The Hall–Kier alpha value is -3.53.